The number of rotatable bonds is 1. The third-order valence-electron chi connectivity index (χ3n) is 0.974. The maximum atomic E-state index is 10.3. The van der Waals surface area contributed by atoms with Gasteiger partial charge in [0.1, 0.15) is 5.15 Å². The molecule has 0 unspecified atom stereocenters. The average molecular weight is 188 g/mol. The van der Waals surface area contributed by atoms with Crippen molar-refractivity contribution >= 4 is 17.6 Å². The van der Waals surface area contributed by atoms with Crippen molar-refractivity contribution in [2.75, 3.05) is 0 Å². The Kier molecular flexibility index (Phi) is 5.04. The van der Waals surface area contributed by atoms with Crippen molar-refractivity contribution < 1.29 is 9.90 Å². The topological polar surface area (TPSA) is 50.2 Å². The molecule has 1 heterocycles. The van der Waals surface area contributed by atoms with Gasteiger partial charge < -0.3 is 5.11 Å². The molecule has 0 spiro atoms. The van der Waals surface area contributed by atoms with Crippen LogP contribution in [0.25, 0.3) is 0 Å². The lowest BCUT2D eigenvalue weighted by atomic mass is 10.3. The van der Waals surface area contributed by atoms with Crippen LogP contribution in [0.15, 0.2) is 18.3 Å². The van der Waals surface area contributed by atoms with Crippen LogP contribution in [0.5, 0.6) is 0 Å². The Bertz CT molecular complexity index is 263. The van der Waals surface area contributed by atoms with Crippen molar-refractivity contribution in [1.82, 2.24) is 4.98 Å². The summed E-state index contributed by atoms with van der Waals surface area (Å²) in [5.41, 5.74) is 0.153. The molecule has 0 aliphatic rings. The number of carbonyl (C=O) groups is 1. The summed E-state index contributed by atoms with van der Waals surface area (Å²) in [6.07, 6.45) is 1.35. The van der Waals surface area contributed by atoms with Gasteiger partial charge in [0.05, 0.1) is 5.56 Å². The maximum absolute atomic E-state index is 10.3. The average Bonchev–Trinajstić information content (AvgIpc) is 2.08. The predicted octanol–water partition coefficient (Wildman–Crippen LogP) is 2.46. The fourth-order valence-corrected chi connectivity index (χ4v) is 0.709. The van der Waals surface area contributed by atoms with E-state index in [1.807, 2.05) is 13.8 Å². The lowest BCUT2D eigenvalue weighted by Crippen LogP contribution is -1.95. The smallest absolute Gasteiger partial charge is 0.335 e. The van der Waals surface area contributed by atoms with Gasteiger partial charge in [-0.15, -0.1) is 0 Å². The molecule has 3 nitrogen and oxygen atoms in total. The molecule has 1 rings (SSSR count). The molecule has 1 N–H and O–H groups in total. The number of aromatic carboxylic acids is 1. The van der Waals surface area contributed by atoms with E-state index in [9.17, 15) is 4.79 Å². The molecule has 0 saturated heterocycles. The highest BCUT2D eigenvalue weighted by Crippen LogP contribution is 2.05. The first-order valence-electron chi connectivity index (χ1n) is 3.55. The van der Waals surface area contributed by atoms with E-state index < -0.39 is 5.97 Å². The largest absolute Gasteiger partial charge is 0.478 e. The molecule has 1 aromatic heterocycles. The molecule has 12 heavy (non-hydrogen) atoms. The van der Waals surface area contributed by atoms with Gasteiger partial charge in [-0.05, 0) is 12.1 Å². The second-order valence-electron chi connectivity index (χ2n) is 1.67. The summed E-state index contributed by atoms with van der Waals surface area (Å²) in [4.78, 5) is 13.9. The third-order valence-corrected chi connectivity index (χ3v) is 1.18. The highest BCUT2D eigenvalue weighted by Gasteiger charge is 2.01. The van der Waals surface area contributed by atoms with Crippen molar-refractivity contribution in [2.45, 2.75) is 13.8 Å². The predicted molar refractivity (Wildman–Crippen MR) is 47.6 cm³/mol. The molecular weight excluding hydrogens is 178 g/mol. The molecule has 0 fully saturated rings. The maximum Gasteiger partial charge on any atom is 0.335 e. The van der Waals surface area contributed by atoms with E-state index in [-0.39, 0.29) is 10.7 Å². The summed E-state index contributed by atoms with van der Waals surface area (Å²) in [5, 5.41) is 8.62. The molecule has 0 aromatic carbocycles. The van der Waals surface area contributed by atoms with Crippen molar-refractivity contribution in [3.63, 3.8) is 0 Å². The molecule has 0 atom stereocenters. The zero-order valence-corrected chi connectivity index (χ0v) is 7.67. The number of nitrogens with zero attached hydrogens (tertiary/aromatic N) is 1. The van der Waals surface area contributed by atoms with Crippen LogP contribution in [-0.2, 0) is 0 Å². The molecule has 0 aliphatic carbocycles. The van der Waals surface area contributed by atoms with E-state index >= 15 is 0 Å². The van der Waals surface area contributed by atoms with Gasteiger partial charge in [-0.2, -0.15) is 0 Å². The standard InChI is InChI=1S/C6H4ClNO2.C2H6/c7-5-3-4(6(9)10)1-2-8-5;1-2/h1-3H,(H,9,10);1-2H3. The molecule has 4 heteroatoms. The highest BCUT2D eigenvalue weighted by atomic mass is 35.5. The van der Waals surface area contributed by atoms with Crippen molar-refractivity contribution in [3.05, 3.63) is 29.0 Å². The number of carboxylic acid groups (broad SMARTS) is 1. The van der Waals surface area contributed by atoms with Crippen LogP contribution in [0.3, 0.4) is 0 Å². The van der Waals surface area contributed by atoms with Gasteiger partial charge in [-0.25, -0.2) is 9.78 Å². The van der Waals surface area contributed by atoms with Gasteiger partial charge in [-0.3, -0.25) is 0 Å². The fourth-order valence-electron chi connectivity index (χ4n) is 0.535. The first kappa shape index (κ1) is 10.9. The summed E-state index contributed by atoms with van der Waals surface area (Å²) >= 11 is 5.41. The summed E-state index contributed by atoms with van der Waals surface area (Å²) in [7, 11) is 0. The van der Waals surface area contributed by atoms with Crippen LogP contribution in [0.2, 0.25) is 5.15 Å². The molecule has 0 bridgehead atoms. The Morgan fingerprint density at radius 2 is 2.17 bits per heavy atom. The van der Waals surface area contributed by atoms with Crippen LogP contribution >= 0.6 is 11.6 Å². The van der Waals surface area contributed by atoms with E-state index in [1.54, 1.807) is 0 Å². The molecule has 66 valence electrons. The number of hydrogen-bond acceptors (Lipinski definition) is 2. The summed E-state index contributed by atoms with van der Waals surface area (Å²) in [5.74, 6) is -0.996. The minimum Gasteiger partial charge on any atom is -0.478 e. The van der Waals surface area contributed by atoms with E-state index in [0.29, 0.717) is 0 Å². The van der Waals surface area contributed by atoms with Crippen LogP contribution in [0.4, 0.5) is 0 Å². The minimum absolute atomic E-state index is 0.153. The van der Waals surface area contributed by atoms with Crippen LogP contribution in [-0.4, -0.2) is 16.1 Å². The van der Waals surface area contributed by atoms with Crippen LogP contribution in [0.1, 0.15) is 24.2 Å². The summed E-state index contributed by atoms with van der Waals surface area (Å²) in [6, 6.07) is 2.68. The van der Waals surface area contributed by atoms with Crippen LogP contribution in [0, 0.1) is 0 Å². The Labute approximate surface area is 76.0 Å². The van der Waals surface area contributed by atoms with E-state index in [2.05, 4.69) is 4.98 Å². The number of pyridine rings is 1. The molecule has 1 aromatic rings. The molecule has 0 aliphatic heterocycles. The molecule has 0 amide bonds. The Balaban J connectivity index is 0.000000561. The second kappa shape index (κ2) is 5.55. The summed E-state index contributed by atoms with van der Waals surface area (Å²) in [6.45, 7) is 4.00. The number of halogens is 1. The van der Waals surface area contributed by atoms with Gasteiger partial charge >= 0.3 is 5.97 Å². The van der Waals surface area contributed by atoms with Gasteiger partial charge in [0.25, 0.3) is 0 Å². The van der Waals surface area contributed by atoms with Gasteiger partial charge in [-0.1, -0.05) is 25.4 Å². The minimum atomic E-state index is -0.996. The normalized spacial score (nSPS) is 8.25. The van der Waals surface area contributed by atoms with Crippen molar-refractivity contribution in [2.24, 2.45) is 0 Å². The van der Waals surface area contributed by atoms with Crippen molar-refractivity contribution in [1.29, 1.82) is 0 Å². The van der Waals surface area contributed by atoms with E-state index in [4.69, 9.17) is 16.7 Å². The second-order valence-corrected chi connectivity index (χ2v) is 2.06. The first-order valence-corrected chi connectivity index (χ1v) is 3.93. The Hall–Kier alpha value is -1.09. The number of aromatic nitrogens is 1. The fraction of sp³-hybridized carbons (Fsp3) is 0.250. The van der Waals surface area contributed by atoms with Gasteiger partial charge in [0.2, 0.25) is 0 Å². The van der Waals surface area contributed by atoms with E-state index in [1.165, 1.54) is 18.3 Å². The lowest BCUT2D eigenvalue weighted by molar-refractivity contribution is 0.0697. The SMILES string of the molecule is CC.O=C(O)c1ccnc(Cl)c1. The van der Waals surface area contributed by atoms with Gasteiger partial charge in [0, 0.05) is 6.20 Å². The highest BCUT2D eigenvalue weighted by molar-refractivity contribution is 6.29. The number of hydrogen-bond donors (Lipinski definition) is 1. The van der Waals surface area contributed by atoms with E-state index in [0.717, 1.165) is 0 Å². The quantitative estimate of drug-likeness (QED) is 0.688. The lowest BCUT2D eigenvalue weighted by Gasteiger charge is -1.91. The summed E-state index contributed by atoms with van der Waals surface area (Å²) < 4.78 is 0. The Morgan fingerprint density at radius 3 is 2.50 bits per heavy atom. The van der Waals surface area contributed by atoms with Crippen LogP contribution < -0.4 is 0 Å². The molecule has 0 radical (unpaired) electrons. The molecule has 0 saturated carbocycles. The zero-order chi connectivity index (χ0) is 9.56. The third kappa shape index (κ3) is 3.34. The zero-order valence-electron chi connectivity index (χ0n) is 6.91. The number of carboxylic acids is 1. The Morgan fingerprint density at radius 1 is 1.58 bits per heavy atom. The monoisotopic (exact) mass is 187 g/mol. The first-order chi connectivity index (χ1) is 5.70. The van der Waals surface area contributed by atoms with Gasteiger partial charge in [0.15, 0.2) is 0 Å². The molecular formula is C8H10ClNO2. The van der Waals surface area contributed by atoms with Crippen molar-refractivity contribution in [3.8, 4) is 0 Å².